The van der Waals surface area contributed by atoms with Crippen molar-refractivity contribution in [3.63, 3.8) is 0 Å². The van der Waals surface area contributed by atoms with Crippen LogP contribution in [0.5, 0.6) is 0 Å². The Balaban J connectivity index is 1.90. The molecule has 0 saturated heterocycles. The second-order valence-corrected chi connectivity index (χ2v) is 6.66. The van der Waals surface area contributed by atoms with Crippen LogP contribution in [0, 0.1) is 6.92 Å². The van der Waals surface area contributed by atoms with Gasteiger partial charge in [-0.05, 0) is 49.1 Å². The van der Waals surface area contributed by atoms with E-state index in [4.69, 9.17) is 4.98 Å². The standard InChI is InChI=1S/C21H16N2O2/c1-11-6-9-17-15(10-11)12-7-8-14-18(21(24)25)13-4-2-3-5-16(13)22-20(14)19(12)23-17/h2-6,9-10,23H,7-8H2,1H3,(H,24,25). The molecule has 0 spiro atoms. The number of pyridine rings is 1. The van der Waals surface area contributed by atoms with E-state index < -0.39 is 5.97 Å². The number of aromatic carboxylic acids is 1. The monoisotopic (exact) mass is 328 g/mol. The zero-order valence-corrected chi connectivity index (χ0v) is 13.8. The van der Waals surface area contributed by atoms with Gasteiger partial charge in [-0.3, -0.25) is 0 Å². The number of carboxylic acid groups (broad SMARTS) is 1. The van der Waals surface area contributed by atoms with Gasteiger partial charge in [-0.15, -0.1) is 0 Å². The summed E-state index contributed by atoms with van der Waals surface area (Å²) in [6.45, 7) is 2.09. The summed E-state index contributed by atoms with van der Waals surface area (Å²) in [4.78, 5) is 20.3. The number of carboxylic acids is 1. The molecule has 122 valence electrons. The highest BCUT2D eigenvalue weighted by Crippen LogP contribution is 2.39. The van der Waals surface area contributed by atoms with Gasteiger partial charge in [-0.2, -0.15) is 0 Å². The van der Waals surface area contributed by atoms with Crippen molar-refractivity contribution in [1.82, 2.24) is 9.97 Å². The molecule has 5 rings (SSSR count). The Labute approximate surface area is 144 Å². The van der Waals surface area contributed by atoms with Gasteiger partial charge in [0.1, 0.15) is 0 Å². The molecule has 2 aromatic heterocycles. The van der Waals surface area contributed by atoms with Crippen LogP contribution in [0.1, 0.15) is 27.0 Å². The van der Waals surface area contributed by atoms with Crippen LogP contribution >= 0.6 is 0 Å². The van der Waals surface area contributed by atoms with Crippen LogP contribution in [0.15, 0.2) is 42.5 Å². The third-order valence-electron chi connectivity index (χ3n) is 5.13. The molecule has 4 heteroatoms. The van der Waals surface area contributed by atoms with Gasteiger partial charge in [-0.25, -0.2) is 9.78 Å². The van der Waals surface area contributed by atoms with Crippen LogP contribution in [0.3, 0.4) is 0 Å². The fourth-order valence-corrected chi connectivity index (χ4v) is 4.02. The highest BCUT2D eigenvalue weighted by Gasteiger charge is 2.27. The number of nitrogens with one attached hydrogen (secondary N) is 1. The van der Waals surface area contributed by atoms with E-state index in [9.17, 15) is 9.90 Å². The summed E-state index contributed by atoms with van der Waals surface area (Å²) in [7, 11) is 0. The van der Waals surface area contributed by atoms with Crippen LogP contribution in [0.25, 0.3) is 33.2 Å². The summed E-state index contributed by atoms with van der Waals surface area (Å²) in [5.74, 6) is -0.884. The number of carbonyl (C=O) groups is 1. The number of H-pyrrole nitrogens is 1. The summed E-state index contributed by atoms with van der Waals surface area (Å²) < 4.78 is 0. The Hall–Kier alpha value is -3.14. The third kappa shape index (κ3) is 1.94. The summed E-state index contributed by atoms with van der Waals surface area (Å²) in [6, 6.07) is 13.8. The zero-order valence-electron chi connectivity index (χ0n) is 13.8. The summed E-state index contributed by atoms with van der Waals surface area (Å²) >= 11 is 0. The van der Waals surface area contributed by atoms with E-state index in [1.165, 1.54) is 16.5 Å². The molecule has 0 saturated carbocycles. The fraction of sp³-hybridized carbons (Fsp3) is 0.143. The minimum absolute atomic E-state index is 0.390. The number of hydrogen-bond acceptors (Lipinski definition) is 2. The number of rotatable bonds is 1. The van der Waals surface area contributed by atoms with E-state index in [1.807, 2.05) is 24.3 Å². The van der Waals surface area contributed by atoms with Crippen LogP contribution in [0.2, 0.25) is 0 Å². The number of para-hydroxylation sites is 1. The predicted molar refractivity (Wildman–Crippen MR) is 98.1 cm³/mol. The van der Waals surface area contributed by atoms with E-state index in [2.05, 4.69) is 30.1 Å². The van der Waals surface area contributed by atoms with Crippen molar-refractivity contribution in [2.24, 2.45) is 0 Å². The van der Waals surface area contributed by atoms with Gasteiger partial charge >= 0.3 is 5.97 Å². The van der Waals surface area contributed by atoms with Gasteiger partial charge in [0.2, 0.25) is 0 Å². The normalized spacial score (nSPS) is 13.0. The number of aromatic amines is 1. The molecule has 2 heterocycles. The van der Waals surface area contributed by atoms with Crippen LogP contribution in [-0.2, 0) is 12.8 Å². The average molecular weight is 328 g/mol. The van der Waals surface area contributed by atoms with Gasteiger partial charge in [0, 0.05) is 16.3 Å². The number of aromatic nitrogens is 2. The first kappa shape index (κ1) is 14.2. The summed E-state index contributed by atoms with van der Waals surface area (Å²) in [6.07, 6.45) is 1.52. The van der Waals surface area contributed by atoms with E-state index in [1.54, 1.807) is 0 Å². The van der Waals surface area contributed by atoms with Gasteiger partial charge in [0.25, 0.3) is 0 Å². The highest BCUT2D eigenvalue weighted by atomic mass is 16.4. The molecule has 25 heavy (non-hydrogen) atoms. The number of aryl methyl sites for hydroxylation is 2. The molecule has 0 aliphatic heterocycles. The Bertz CT molecular complexity index is 1190. The Morgan fingerprint density at radius 3 is 2.72 bits per heavy atom. The van der Waals surface area contributed by atoms with Crippen LogP contribution in [0.4, 0.5) is 0 Å². The van der Waals surface area contributed by atoms with Crippen molar-refractivity contribution in [3.8, 4) is 11.4 Å². The lowest BCUT2D eigenvalue weighted by atomic mass is 9.87. The zero-order chi connectivity index (χ0) is 17.1. The van der Waals surface area contributed by atoms with E-state index >= 15 is 0 Å². The summed E-state index contributed by atoms with van der Waals surface area (Å²) in [5.41, 5.74) is 7.24. The van der Waals surface area contributed by atoms with E-state index in [0.717, 1.165) is 34.4 Å². The van der Waals surface area contributed by atoms with Gasteiger partial charge in [-0.1, -0.05) is 29.8 Å². The summed E-state index contributed by atoms with van der Waals surface area (Å²) in [5, 5.41) is 11.8. The number of fused-ring (bicyclic) bond motifs is 6. The molecule has 4 nitrogen and oxygen atoms in total. The molecule has 2 aromatic carbocycles. The van der Waals surface area contributed by atoms with E-state index in [-0.39, 0.29) is 0 Å². The van der Waals surface area contributed by atoms with Crippen molar-refractivity contribution in [2.45, 2.75) is 19.8 Å². The van der Waals surface area contributed by atoms with Gasteiger partial charge in [0.05, 0.1) is 22.5 Å². The minimum Gasteiger partial charge on any atom is -0.478 e. The smallest absolute Gasteiger partial charge is 0.336 e. The van der Waals surface area contributed by atoms with Gasteiger partial charge < -0.3 is 10.1 Å². The first-order chi connectivity index (χ1) is 12.1. The lowest BCUT2D eigenvalue weighted by molar-refractivity contribution is 0.0698. The SMILES string of the molecule is Cc1ccc2[nH]c3c(c2c1)CCc1c-3nc2ccccc2c1C(=O)O. The molecule has 0 bridgehead atoms. The number of nitrogens with zero attached hydrogens (tertiary/aromatic N) is 1. The number of benzene rings is 2. The van der Waals surface area contributed by atoms with Crippen LogP contribution in [-0.4, -0.2) is 21.0 Å². The van der Waals surface area contributed by atoms with Crippen molar-refractivity contribution in [2.75, 3.05) is 0 Å². The molecule has 1 aliphatic rings. The largest absolute Gasteiger partial charge is 0.478 e. The van der Waals surface area contributed by atoms with Crippen molar-refractivity contribution < 1.29 is 9.90 Å². The quantitative estimate of drug-likeness (QED) is 0.541. The minimum atomic E-state index is -0.884. The molecular formula is C21H16N2O2. The maximum Gasteiger partial charge on any atom is 0.336 e. The molecule has 0 atom stereocenters. The molecule has 0 radical (unpaired) electrons. The van der Waals surface area contributed by atoms with Gasteiger partial charge in [0.15, 0.2) is 0 Å². The molecule has 1 aliphatic carbocycles. The third-order valence-corrected chi connectivity index (χ3v) is 5.13. The maximum absolute atomic E-state index is 12.0. The topological polar surface area (TPSA) is 66.0 Å². The highest BCUT2D eigenvalue weighted by molar-refractivity contribution is 6.06. The van der Waals surface area contributed by atoms with E-state index in [0.29, 0.717) is 17.4 Å². The average Bonchev–Trinajstić information content (AvgIpc) is 2.97. The predicted octanol–water partition coefficient (Wildman–Crippen LogP) is 4.49. The molecule has 4 aromatic rings. The second-order valence-electron chi connectivity index (χ2n) is 6.66. The molecule has 2 N–H and O–H groups in total. The Morgan fingerprint density at radius 2 is 1.88 bits per heavy atom. The number of hydrogen-bond donors (Lipinski definition) is 2. The Morgan fingerprint density at radius 1 is 1.08 bits per heavy atom. The first-order valence-corrected chi connectivity index (χ1v) is 8.40. The van der Waals surface area contributed by atoms with Crippen molar-refractivity contribution >= 4 is 27.8 Å². The van der Waals surface area contributed by atoms with Crippen molar-refractivity contribution in [1.29, 1.82) is 0 Å². The molecule has 0 unspecified atom stereocenters. The molecule has 0 amide bonds. The van der Waals surface area contributed by atoms with Crippen LogP contribution < -0.4 is 0 Å². The molecular weight excluding hydrogens is 312 g/mol. The lowest BCUT2D eigenvalue weighted by Crippen LogP contribution is -2.12. The molecule has 0 fully saturated rings. The second kappa shape index (κ2) is 4.93. The fourth-order valence-electron chi connectivity index (χ4n) is 4.02. The first-order valence-electron chi connectivity index (χ1n) is 8.40. The Kier molecular flexibility index (Phi) is 2.80. The van der Waals surface area contributed by atoms with Crippen molar-refractivity contribution in [3.05, 3.63) is 64.7 Å². The maximum atomic E-state index is 12.0. The lowest BCUT2D eigenvalue weighted by Gasteiger charge is -2.19.